The second kappa shape index (κ2) is 9.09. The quantitative estimate of drug-likeness (QED) is 0.528. The molecule has 3 aromatic rings. The lowest BCUT2D eigenvalue weighted by Gasteiger charge is -2.29. The topological polar surface area (TPSA) is 84.7 Å². The molecular formula is C24H24F3N3O4. The lowest BCUT2D eigenvalue weighted by molar-refractivity contribution is -0.162. The van der Waals surface area contributed by atoms with Gasteiger partial charge in [-0.3, -0.25) is 4.79 Å². The third kappa shape index (κ3) is 4.50. The summed E-state index contributed by atoms with van der Waals surface area (Å²) in [5, 5.41) is 10.0. The van der Waals surface area contributed by atoms with Gasteiger partial charge in [0.05, 0.1) is 19.6 Å². The van der Waals surface area contributed by atoms with Crippen molar-refractivity contribution in [3.05, 3.63) is 64.7 Å². The highest BCUT2D eigenvalue weighted by Crippen LogP contribution is 2.31. The number of pyridine rings is 1. The number of benzene rings is 1. The molecule has 34 heavy (non-hydrogen) atoms. The Morgan fingerprint density at radius 3 is 2.59 bits per heavy atom. The van der Waals surface area contributed by atoms with Crippen LogP contribution in [0.15, 0.2) is 30.5 Å². The van der Waals surface area contributed by atoms with Gasteiger partial charge in [-0.05, 0) is 55.7 Å². The molecule has 0 saturated carbocycles. The van der Waals surface area contributed by atoms with Crippen LogP contribution < -0.4 is 0 Å². The van der Waals surface area contributed by atoms with E-state index in [2.05, 4.69) is 4.98 Å². The number of aromatic nitrogens is 2. The highest BCUT2D eigenvalue weighted by atomic mass is 19.2. The average Bonchev–Trinajstić information content (AvgIpc) is 3.10. The third-order valence-electron chi connectivity index (χ3n) is 6.04. The molecule has 1 aromatic carbocycles. The first-order chi connectivity index (χ1) is 16.1. The van der Waals surface area contributed by atoms with E-state index in [9.17, 15) is 22.8 Å². The van der Waals surface area contributed by atoms with Crippen LogP contribution >= 0.6 is 0 Å². The van der Waals surface area contributed by atoms with Gasteiger partial charge in [0, 0.05) is 30.4 Å². The molecule has 0 fully saturated rings. The predicted molar refractivity (Wildman–Crippen MR) is 117 cm³/mol. The Kier molecular flexibility index (Phi) is 6.35. The molecule has 0 radical (unpaired) electrons. The highest BCUT2D eigenvalue weighted by Gasteiger charge is 2.30. The van der Waals surface area contributed by atoms with Crippen LogP contribution in [0.1, 0.15) is 37.1 Å². The number of rotatable bonds is 7. The van der Waals surface area contributed by atoms with Gasteiger partial charge in [-0.2, -0.15) is 0 Å². The zero-order valence-electron chi connectivity index (χ0n) is 18.8. The van der Waals surface area contributed by atoms with Crippen molar-refractivity contribution in [2.45, 2.75) is 45.4 Å². The Morgan fingerprint density at radius 2 is 1.91 bits per heavy atom. The second-order valence-corrected chi connectivity index (χ2v) is 8.74. The number of nitrogens with zero attached hydrogens (tertiary/aromatic N) is 3. The monoisotopic (exact) mass is 475 g/mol. The van der Waals surface area contributed by atoms with Crippen LogP contribution in [0.5, 0.6) is 0 Å². The molecule has 10 heteroatoms. The van der Waals surface area contributed by atoms with Crippen molar-refractivity contribution in [3.63, 3.8) is 0 Å². The van der Waals surface area contributed by atoms with Gasteiger partial charge in [0.25, 0.3) is 0 Å². The maximum Gasteiger partial charge on any atom is 0.335 e. The normalized spacial score (nSPS) is 13.9. The number of ether oxygens (including phenoxy) is 1. The second-order valence-electron chi connectivity index (χ2n) is 8.74. The number of carbonyl (C=O) groups is 2. The Bertz CT molecular complexity index is 1250. The van der Waals surface area contributed by atoms with Crippen LogP contribution in [-0.2, 0) is 33.8 Å². The molecule has 1 N–H and O–H groups in total. The number of carboxylic acid groups (broad SMARTS) is 1. The van der Waals surface area contributed by atoms with Crippen LogP contribution in [0.4, 0.5) is 13.2 Å². The Hall–Kier alpha value is -3.40. The number of fused-ring (bicyclic) bond motifs is 3. The fourth-order valence-corrected chi connectivity index (χ4v) is 4.14. The van der Waals surface area contributed by atoms with Gasteiger partial charge in [-0.15, -0.1) is 0 Å². The van der Waals surface area contributed by atoms with Gasteiger partial charge in [-0.25, -0.2) is 22.9 Å². The van der Waals surface area contributed by atoms with Crippen LogP contribution in [0.25, 0.3) is 11.0 Å². The summed E-state index contributed by atoms with van der Waals surface area (Å²) in [5.41, 5.74) is 1.23. The maximum absolute atomic E-state index is 13.8. The van der Waals surface area contributed by atoms with E-state index in [4.69, 9.17) is 9.84 Å². The molecule has 7 nitrogen and oxygen atoms in total. The summed E-state index contributed by atoms with van der Waals surface area (Å²) >= 11 is 0. The number of halogens is 3. The van der Waals surface area contributed by atoms with Gasteiger partial charge in [0.15, 0.2) is 23.1 Å². The zero-order chi connectivity index (χ0) is 24.6. The molecule has 1 aliphatic rings. The van der Waals surface area contributed by atoms with Crippen LogP contribution in [-0.4, -0.2) is 50.2 Å². The standard InChI is InChI=1S/C24H24F3N3O4/c1-24(2,23(32)33)34-9-6-20(31)29-8-5-15-16-4-3-7-28-22(16)30(19(15)13-29)12-14-10-17(25)21(27)18(26)11-14/h3-4,7,10-11H,5-6,8-9,12-13H2,1-2H3,(H,32,33). The molecule has 0 spiro atoms. The average molecular weight is 475 g/mol. The van der Waals surface area contributed by atoms with E-state index in [0.29, 0.717) is 18.6 Å². The molecule has 0 saturated heterocycles. The Labute approximate surface area is 193 Å². The minimum absolute atomic E-state index is 0.0128. The SMILES string of the molecule is CC(C)(OCCC(=O)N1CCc2c(n(Cc3cc(F)c(F)c(F)c3)c3ncccc23)C1)C(=O)O. The summed E-state index contributed by atoms with van der Waals surface area (Å²) in [4.78, 5) is 30.1. The molecule has 180 valence electrons. The number of carbonyl (C=O) groups excluding carboxylic acids is 1. The van der Waals surface area contributed by atoms with Crippen molar-refractivity contribution in [1.82, 2.24) is 14.5 Å². The van der Waals surface area contributed by atoms with Gasteiger partial charge >= 0.3 is 5.97 Å². The van der Waals surface area contributed by atoms with E-state index in [1.807, 2.05) is 6.07 Å². The van der Waals surface area contributed by atoms with Gasteiger partial charge in [0.2, 0.25) is 5.91 Å². The van der Waals surface area contributed by atoms with Crippen molar-refractivity contribution in [1.29, 1.82) is 0 Å². The van der Waals surface area contributed by atoms with E-state index < -0.39 is 29.0 Å². The lowest BCUT2D eigenvalue weighted by atomic mass is 10.0. The van der Waals surface area contributed by atoms with E-state index in [1.54, 1.807) is 21.7 Å². The van der Waals surface area contributed by atoms with E-state index in [-0.39, 0.29) is 37.6 Å². The van der Waals surface area contributed by atoms with E-state index in [1.165, 1.54) is 13.8 Å². The van der Waals surface area contributed by atoms with Crippen molar-refractivity contribution in [2.24, 2.45) is 0 Å². The summed E-state index contributed by atoms with van der Waals surface area (Å²) in [6, 6.07) is 5.60. The van der Waals surface area contributed by atoms with Crippen molar-refractivity contribution in [3.8, 4) is 0 Å². The van der Waals surface area contributed by atoms with Crippen LogP contribution in [0, 0.1) is 17.5 Å². The van der Waals surface area contributed by atoms with E-state index in [0.717, 1.165) is 28.8 Å². The lowest BCUT2D eigenvalue weighted by Crippen LogP contribution is -2.39. The number of amides is 1. The molecule has 1 aliphatic heterocycles. The molecule has 0 bridgehead atoms. The van der Waals surface area contributed by atoms with Crippen LogP contribution in [0.2, 0.25) is 0 Å². The largest absolute Gasteiger partial charge is 0.479 e. The van der Waals surface area contributed by atoms with Crippen molar-refractivity contribution in [2.75, 3.05) is 13.2 Å². The highest BCUT2D eigenvalue weighted by molar-refractivity contribution is 5.84. The molecule has 0 atom stereocenters. The summed E-state index contributed by atoms with van der Waals surface area (Å²) in [6.07, 6.45) is 2.18. The number of carboxylic acids is 1. The Morgan fingerprint density at radius 1 is 1.21 bits per heavy atom. The molecule has 0 unspecified atom stereocenters. The molecule has 2 aromatic heterocycles. The molecule has 1 amide bonds. The fourth-order valence-electron chi connectivity index (χ4n) is 4.14. The smallest absolute Gasteiger partial charge is 0.335 e. The summed E-state index contributed by atoms with van der Waals surface area (Å²) in [5.74, 6) is -5.38. The summed E-state index contributed by atoms with van der Waals surface area (Å²) in [6.45, 7) is 3.55. The first-order valence-electron chi connectivity index (χ1n) is 10.8. The Balaban J connectivity index is 1.58. The molecule has 4 rings (SSSR count). The minimum Gasteiger partial charge on any atom is -0.479 e. The molecular weight excluding hydrogens is 451 g/mol. The maximum atomic E-state index is 13.8. The molecule has 3 heterocycles. The zero-order valence-corrected chi connectivity index (χ0v) is 18.8. The number of hydrogen-bond donors (Lipinski definition) is 1. The van der Waals surface area contributed by atoms with Gasteiger partial charge < -0.3 is 19.3 Å². The van der Waals surface area contributed by atoms with Crippen molar-refractivity contribution >= 4 is 22.9 Å². The summed E-state index contributed by atoms with van der Waals surface area (Å²) in [7, 11) is 0. The minimum atomic E-state index is -1.52. The fraction of sp³-hybridized carbons (Fsp3) is 0.375. The van der Waals surface area contributed by atoms with Crippen molar-refractivity contribution < 1.29 is 32.6 Å². The number of aliphatic carboxylic acids is 1. The number of hydrogen-bond acceptors (Lipinski definition) is 4. The van der Waals surface area contributed by atoms with Gasteiger partial charge in [-0.1, -0.05) is 0 Å². The van der Waals surface area contributed by atoms with Crippen LogP contribution in [0.3, 0.4) is 0 Å². The first-order valence-corrected chi connectivity index (χ1v) is 10.8. The van der Waals surface area contributed by atoms with E-state index >= 15 is 0 Å². The molecule has 0 aliphatic carbocycles. The first kappa shape index (κ1) is 23.7. The summed E-state index contributed by atoms with van der Waals surface area (Å²) < 4.78 is 48.2. The third-order valence-corrected chi connectivity index (χ3v) is 6.04. The predicted octanol–water partition coefficient (Wildman–Crippen LogP) is 3.66. The van der Waals surface area contributed by atoms with Gasteiger partial charge in [0.1, 0.15) is 5.65 Å².